The van der Waals surface area contributed by atoms with Gasteiger partial charge in [-0.15, -0.1) is 0 Å². The van der Waals surface area contributed by atoms with E-state index in [1.54, 1.807) is 10.9 Å². The summed E-state index contributed by atoms with van der Waals surface area (Å²) in [6.07, 6.45) is 8.03. The number of fused-ring (bicyclic) bond motifs is 1. The fraction of sp³-hybridized carbons (Fsp3) is 0.500. The fourth-order valence-corrected chi connectivity index (χ4v) is 4.09. The van der Waals surface area contributed by atoms with Gasteiger partial charge in [0.2, 0.25) is 0 Å². The van der Waals surface area contributed by atoms with Crippen LogP contribution in [0.2, 0.25) is 0 Å². The molecule has 0 atom stereocenters. The van der Waals surface area contributed by atoms with Gasteiger partial charge < -0.3 is 9.64 Å². The van der Waals surface area contributed by atoms with E-state index in [1.807, 2.05) is 37.6 Å². The van der Waals surface area contributed by atoms with Crippen LogP contribution in [0.1, 0.15) is 32.4 Å². The zero-order chi connectivity index (χ0) is 21.8. The summed E-state index contributed by atoms with van der Waals surface area (Å²) in [5, 5.41) is 5.19. The molecule has 0 saturated carbocycles. The number of carbonyl (C=O) groups excluding carboxylic acids is 1. The van der Waals surface area contributed by atoms with Gasteiger partial charge in [-0.1, -0.05) is 0 Å². The van der Waals surface area contributed by atoms with Gasteiger partial charge in [0.1, 0.15) is 5.78 Å². The molecule has 1 aliphatic heterocycles. The molecule has 0 radical (unpaired) electrons. The van der Waals surface area contributed by atoms with E-state index in [-0.39, 0.29) is 17.8 Å². The topological polar surface area (TPSA) is 73.1 Å². The molecule has 3 aromatic heterocycles. The van der Waals surface area contributed by atoms with E-state index in [0.29, 0.717) is 6.42 Å². The molecule has 0 bridgehead atoms. The molecule has 0 spiro atoms. The summed E-state index contributed by atoms with van der Waals surface area (Å²) < 4.78 is 7.41. The molecule has 4 rings (SSSR count). The number of hydrogen-bond donors (Lipinski definition) is 0. The first kappa shape index (κ1) is 21.6. The van der Waals surface area contributed by atoms with Crippen LogP contribution >= 0.6 is 0 Å². The molecule has 7 heteroatoms. The first-order chi connectivity index (χ1) is 15.0. The van der Waals surface area contributed by atoms with Crippen LogP contribution in [0, 0.1) is 5.92 Å². The summed E-state index contributed by atoms with van der Waals surface area (Å²) >= 11 is 0. The van der Waals surface area contributed by atoms with E-state index in [1.165, 1.54) is 0 Å². The van der Waals surface area contributed by atoms with Gasteiger partial charge in [-0.25, -0.2) is 4.98 Å². The van der Waals surface area contributed by atoms with Crippen LogP contribution in [0.15, 0.2) is 36.8 Å². The van der Waals surface area contributed by atoms with E-state index in [4.69, 9.17) is 9.72 Å². The maximum atomic E-state index is 12.9. The number of hydrogen-bond acceptors (Lipinski definition) is 6. The summed E-state index contributed by atoms with van der Waals surface area (Å²) in [4.78, 5) is 24.6. The van der Waals surface area contributed by atoms with Gasteiger partial charge in [0.15, 0.2) is 0 Å². The summed E-state index contributed by atoms with van der Waals surface area (Å²) in [6, 6.07) is 5.94. The minimum Gasteiger partial charge on any atom is -0.377 e. The first-order valence-corrected chi connectivity index (χ1v) is 11.1. The Bertz CT molecular complexity index is 1040. The van der Waals surface area contributed by atoms with Crippen LogP contribution in [-0.4, -0.2) is 62.8 Å². The number of rotatable bonds is 8. The maximum absolute atomic E-state index is 12.9. The van der Waals surface area contributed by atoms with Crippen molar-refractivity contribution in [3.05, 3.63) is 42.5 Å². The van der Waals surface area contributed by atoms with Crippen molar-refractivity contribution in [2.24, 2.45) is 13.0 Å². The van der Waals surface area contributed by atoms with Crippen LogP contribution < -0.4 is 0 Å². The molecule has 31 heavy (non-hydrogen) atoms. The number of aryl methyl sites for hydroxylation is 1. The highest BCUT2D eigenvalue weighted by Gasteiger charge is 2.25. The molecule has 3 aromatic rings. The second kappa shape index (κ2) is 9.66. The Labute approximate surface area is 183 Å². The summed E-state index contributed by atoms with van der Waals surface area (Å²) in [6.45, 7) is 7.72. The second-order valence-electron chi connectivity index (χ2n) is 8.65. The number of piperidine rings is 1. The van der Waals surface area contributed by atoms with Gasteiger partial charge in [0, 0.05) is 55.0 Å². The zero-order valence-electron chi connectivity index (χ0n) is 18.6. The molecular weight excluding hydrogens is 390 g/mol. The normalized spacial score (nSPS) is 15.7. The predicted molar refractivity (Wildman–Crippen MR) is 121 cm³/mol. The number of likely N-dealkylation sites (tertiary alicyclic amines) is 1. The number of nitrogens with zero attached hydrogens (tertiary/aromatic N) is 5. The molecule has 4 heterocycles. The van der Waals surface area contributed by atoms with E-state index in [9.17, 15) is 4.79 Å². The van der Waals surface area contributed by atoms with E-state index < -0.39 is 0 Å². The first-order valence-electron chi connectivity index (χ1n) is 11.1. The molecule has 1 saturated heterocycles. The van der Waals surface area contributed by atoms with Crippen LogP contribution in [0.3, 0.4) is 0 Å². The average Bonchev–Trinajstić information content (AvgIpc) is 3.20. The predicted octanol–water partition coefficient (Wildman–Crippen LogP) is 3.28. The summed E-state index contributed by atoms with van der Waals surface area (Å²) in [7, 11) is 1.89. The highest BCUT2D eigenvalue weighted by molar-refractivity contribution is 5.85. The maximum Gasteiger partial charge on any atom is 0.142 e. The lowest BCUT2D eigenvalue weighted by Gasteiger charge is -2.31. The van der Waals surface area contributed by atoms with Crippen molar-refractivity contribution in [2.75, 3.05) is 26.2 Å². The van der Waals surface area contributed by atoms with Gasteiger partial charge in [-0.3, -0.25) is 14.5 Å². The number of aromatic nitrogens is 4. The van der Waals surface area contributed by atoms with Crippen molar-refractivity contribution < 1.29 is 9.53 Å². The largest absolute Gasteiger partial charge is 0.377 e. The Morgan fingerprint density at radius 3 is 2.74 bits per heavy atom. The number of pyridine rings is 2. The van der Waals surface area contributed by atoms with Gasteiger partial charge in [-0.2, -0.15) is 5.10 Å². The third-order valence-corrected chi connectivity index (χ3v) is 5.89. The Hall–Kier alpha value is -2.64. The molecule has 0 N–H and O–H groups in total. The van der Waals surface area contributed by atoms with E-state index in [2.05, 4.69) is 28.8 Å². The van der Waals surface area contributed by atoms with Crippen molar-refractivity contribution in [2.45, 2.75) is 39.2 Å². The van der Waals surface area contributed by atoms with Crippen LogP contribution in [-0.2, 0) is 23.0 Å². The Morgan fingerprint density at radius 2 is 2.03 bits per heavy atom. The smallest absolute Gasteiger partial charge is 0.142 e. The molecule has 0 aliphatic carbocycles. The van der Waals surface area contributed by atoms with E-state index in [0.717, 1.165) is 66.9 Å². The molecule has 1 fully saturated rings. The van der Waals surface area contributed by atoms with Crippen molar-refractivity contribution in [1.29, 1.82) is 0 Å². The van der Waals surface area contributed by atoms with Crippen molar-refractivity contribution in [3.63, 3.8) is 0 Å². The number of carbonyl (C=O) groups is 1. The van der Waals surface area contributed by atoms with E-state index >= 15 is 0 Å². The lowest BCUT2D eigenvalue weighted by atomic mass is 9.90. The zero-order valence-corrected chi connectivity index (χ0v) is 18.6. The molecule has 164 valence electrons. The SMILES string of the molecule is CC(C)OCCN1CCC(C(=O)Cc2cc3nc(-c4cnn(C)c4)ccc3cn2)CC1. The second-order valence-corrected chi connectivity index (χ2v) is 8.65. The molecule has 1 aliphatic rings. The Kier molecular flexibility index (Phi) is 6.73. The quantitative estimate of drug-likeness (QED) is 0.556. The lowest BCUT2D eigenvalue weighted by Crippen LogP contribution is -2.38. The third-order valence-electron chi connectivity index (χ3n) is 5.89. The molecular formula is C24H31N5O2. The average molecular weight is 422 g/mol. The number of ether oxygens (including phenoxy) is 1. The van der Waals surface area contributed by atoms with Crippen LogP contribution in [0.5, 0.6) is 0 Å². The Morgan fingerprint density at radius 1 is 1.23 bits per heavy atom. The molecule has 0 unspecified atom stereocenters. The van der Waals surface area contributed by atoms with Crippen LogP contribution in [0.4, 0.5) is 0 Å². The van der Waals surface area contributed by atoms with Gasteiger partial charge in [0.05, 0.1) is 30.1 Å². The van der Waals surface area contributed by atoms with Crippen molar-refractivity contribution in [3.8, 4) is 11.3 Å². The van der Waals surface area contributed by atoms with Gasteiger partial charge in [0.25, 0.3) is 0 Å². The van der Waals surface area contributed by atoms with Crippen molar-refractivity contribution in [1.82, 2.24) is 24.6 Å². The standard InChI is InChI=1S/C24H31N5O2/c1-17(2)31-11-10-29-8-6-18(7-9-29)24(30)13-21-12-23-19(14-25-21)4-5-22(27-23)20-15-26-28(3)16-20/h4-5,12,14-18H,6-11,13H2,1-3H3. The van der Waals surface area contributed by atoms with Gasteiger partial charge in [-0.05, 0) is 58.0 Å². The number of Topliss-reactive ketones (excluding diaryl/α,β-unsaturated/α-hetero) is 1. The molecule has 0 amide bonds. The van der Waals surface area contributed by atoms with Crippen LogP contribution in [0.25, 0.3) is 22.2 Å². The monoisotopic (exact) mass is 421 g/mol. The van der Waals surface area contributed by atoms with Gasteiger partial charge >= 0.3 is 0 Å². The Balaban J connectivity index is 1.36. The minimum absolute atomic E-state index is 0.120. The molecule has 0 aromatic carbocycles. The summed E-state index contributed by atoms with van der Waals surface area (Å²) in [5.41, 5.74) is 3.50. The minimum atomic E-state index is 0.120. The number of ketones is 1. The lowest BCUT2D eigenvalue weighted by molar-refractivity contribution is -0.123. The van der Waals surface area contributed by atoms with Crippen molar-refractivity contribution >= 4 is 16.7 Å². The molecule has 7 nitrogen and oxygen atoms in total. The highest BCUT2D eigenvalue weighted by atomic mass is 16.5. The summed E-state index contributed by atoms with van der Waals surface area (Å²) in [5.74, 6) is 0.405. The fourth-order valence-electron chi connectivity index (χ4n) is 4.09. The third kappa shape index (κ3) is 5.54. The highest BCUT2D eigenvalue weighted by Crippen LogP contribution is 2.23.